The predicted molar refractivity (Wildman–Crippen MR) is 74.9 cm³/mol. The number of rotatable bonds is 5. The molecule has 1 amide bonds. The van der Waals surface area contributed by atoms with Crippen LogP contribution in [0.2, 0.25) is 0 Å². The van der Waals surface area contributed by atoms with Crippen molar-refractivity contribution in [3.8, 4) is 0 Å². The van der Waals surface area contributed by atoms with E-state index in [1.54, 1.807) is 4.90 Å². The minimum absolute atomic E-state index is 0.109. The molecule has 0 radical (unpaired) electrons. The minimum Gasteiger partial charge on any atom is -0.378 e. The minimum atomic E-state index is -1.08. The van der Waals surface area contributed by atoms with Crippen LogP contribution in [0.15, 0.2) is 18.2 Å². The Morgan fingerprint density at radius 2 is 2.05 bits per heavy atom. The molecule has 1 aliphatic rings. The van der Waals surface area contributed by atoms with E-state index in [1.807, 2.05) is 0 Å². The van der Waals surface area contributed by atoms with Crippen LogP contribution in [-0.4, -0.2) is 43.2 Å². The molecular formula is C15H20F2N2O2. The molecule has 1 heterocycles. The fourth-order valence-corrected chi connectivity index (χ4v) is 2.40. The lowest BCUT2D eigenvalue weighted by molar-refractivity contribution is 0.00831. The highest BCUT2D eigenvalue weighted by molar-refractivity contribution is 5.94. The van der Waals surface area contributed by atoms with Gasteiger partial charge in [-0.2, -0.15) is 0 Å². The summed E-state index contributed by atoms with van der Waals surface area (Å²) in [5.74, 6) is -2.54. The average Bonchev–Trinajstić information content (AvgIpc) is 2.50. The first-order valence-corrected chi connectivity index (χ1v) is 7.18. The molecule has 1 aromatic carbocycles. The van der Waals surface area contributed by atoms with E-state index in [4.69, 9.17) is 10.5 Å². The first-order valence-electron chi connectivity index (χ1n) is 7.18. The molecule has 1 aliphatic heterocycles. The number of benzene rings is 1. The number of carbonyl (C=O) groups is 1. The van der Waals surface area contributed by atoms with Gasteiger partial charge in [0.25, 0.3) is 5.91 Å². The molecule has 0 atom stereocenters. The van der Waals surface area contributed by atoms with Gasteiger partial charge in [0.15, 0.2) is 11.6 Å². The molecule has 0 aromatic heterocycles. The van der Waals surface area contributed by atoms with Gasteiger partial charge in [-0.05, 0) is 37.9 Å². The van der Waals surface area contributed by atoms with Gasteiger partial charge in [0.05, 0.1) is 11.7 Å². The number of likely N-dealkylation sites (tertiary alicyclic amines) is 1. The zero-order chi connectivity index (χ0) is 15.2. The number of nitrogens with zero attached hydrogens (tertiary/aromatic N) is 1. The van der Waals surface area contributed by atoms with Crippen molar-refractivity contribution in [1.82, 2.24) is 4.90 Å². The van der Waals surface area contributed by atoms with E-state index in [2.05, 4.69) is 0 Å². The zero-order valence-corrected chi connectivity index (χ0v) is 11.9. The van der Waals surface area contributed by atoms with Crippen LogP contribution >= 0.6 is 0 Å². The number of amides is 1. The number of nitrogens with two attached hydrogens (primary N) is 1. The summed E-state index contributed by atoms with van der Waals surface area (Å²) >= 11 is 0. The van der Waals surface area contributed by atoms with Crippen molar-refractivity contribution in [3.05, 3.63) is 35.4 Å². The lowest BCUT2D eigenvalue weighted by atomic mass is 10.1. The summed E-state index contributed by atoms with van der Waals surface area (Å²) in [6, 6.07) is 3.66. The van der Waals surface area contributed by atoms with Crippen LogP contribution < -0.4 is 5.73 Å². The van der Waals surface area contributed by atoms with Gasteiger partial charge in [0.2, 0.25) is 0 Å². The average molecular weight is 298 g/mol. The highest BCUT2D eigenvalue weighted by Crippen LogP contribution is 2.19. The van der Waals surface area contributed by atoms with Crippen LogP contribution in [0.3, 0.4) is 0 Å². The number of carbonyl (C=O) groups excluding carboxylic acids is 1. The molecule has 21 heavy (non-hydrogen) atoms. The van der Waals surface area contributed by atoms with Crippen LogP contribution in [0.4, 0.5) is 8.78 Å². The Hall–Kier alpha value is -1.53. The largest absolute Gasteiger partial charge is 0.378 e. The molecule has 116 valence electrons. The van der Waals surface area contributed by atoms with Gasteiger partial charge in [0, 0.05) is 19.7 Å². The fraction of sp³-hybridized carbons (Fsp3) is 0.533. The van der Waals surface area contributed by atoms with Crippen molar-refractivity contribution >= 4 is 5.91 Å². The van der Waals surface area contributed by atoms with Gasteiger partial charge in [-0.1, -0.05) is 6.07 Å². The summed E-state index contributed by atoms with van der Waals surface area (Å²) in [7, 11) is 0. The Morgan fingerprint density at radius 3 is 2.71 bits per heavy atom. The van der Waals surface area contributed by atoms with Crippen molar-refractivity contribution in [3.63, 3.8) is 0 Å². The van der Waals surface area contributed by atoms with Crippen LogP contribution in [0.25, 0.3) is 0 Å². The van der Waals surface area contributed by atoms with Gasteiger partial charge in [-0.15, -0.1) is 0 Å². The molecule has 1 saturated heterocycles. The van der Waals surface area contributed by atoms with Crippen molar-refractivity contribution in [2.24, 2.45) is 5.73 Å². The molecule has 0 bridgehead atoms. The highest BCUT2D eigenvalue weighted by atomic mass is 19.2. The predicted octanol–water partition coefficient (Wildman–Crippen LogP) is 1.93. The van der Waals surface area contributed by atoms with E-state index in [9.17, 15) is 13.6 Å². The third-order valence-electron chi connectivity index (χ3n) is 3.61. The van der Waals surface area contributed by atoms with Crippen LogP contribution in [-0.2, 0) is 4.74 Å². The summed E-state index contributed by atoms with van der Waals surface area (Å²) in [5.41, 5.74) is 5.19. The maximum atomic E-state index is 13.6. The molecule has 0 saturated carbocycles. The van der Waals surface area contributed by atoms with Gasteiger partial charge in [0.1, 0.15) is 0 Å². The summed E-state index contributed by atoms with van der Waals surface area (Å²) in [4.78, 5) is 13.7. The topological polar surface area (TPSA) is 55.6 Å². The Kier molecular flexibility index (Phi) is 5.64. The molecule has 2 rings (SSSR count). The number of piperidine rings is 1. The Morgan fingerprint density at radius 1 is 1.33 bits per heavy atom. The number of halogens is 2. The zero-order valence-electron chi connectivity index (χ0n) is 11.9. The van der Waals surface area contributed by atoms with Gasteiger partial charge < -0.3 is 15.4 Å². The van der Waals surface area contributed by atoms with Crippen molar-refractivity contribution in [2.45, 2.75) is 25.4 Å². The normalized spacial score (nSPS) is 16.2. The monoisotopic (exact) mass is 298 g/mol. The van der Waals surface area contributed by atoms with Crippen LogP contribution in [0.5, 0.6) is 0 Å². The van der Waals surface area contributed by atoms with Gasteiger partial charge in [-0.25, -0.2) is 8.78 Å². The molecular weight excluding hydrogens is 278 g/mol. The maximum Gasteiger partial charge on any atom is 0.256 e. The smallest absolute Gasteiger partial charge is 0.256 e. The molecule has 6 heteroatoms. The van der Waals surface area contributed by atoms with Crippen LogP contribution in [0.1, 0.15) is 29.6 Å². The Balaban J connectivity index is 1.90. The van der Waals surface area contributed by atoms with E-state index in [-0.39, 0.29) is 11.7 Å². The van der Waals surface area contributed by atoms with Crippen LogP contribution in [0, 0.1) is 11.6 Å². The standard InChI is InChI=1S/C15H20F2N2O2/c16-13-4-1-3-12(14(13)17)15(20)19-8-5-11(6-9-19)21-10-2-7-18/h1,3-4,11H,2,5-10,18H2. The molecule has 1 fully saturated rings. The van der Waals surface area contributed by atoms with Gasteiger partial charge in [-0.3, -0.25) is 4.79 Å². The van der Waals surface area contributed by atoms with E-state index in [0.29, 0.717) is 39.1 Å². The van der Waals surface area contributed by atoms with E-state index < -0.39 is 17.5 Å². The lowest BCUT2D eigenvalue weighted by Crippen LogP contribution is -2.41. The lowest BCUT2D eigenvalue weighted by Gasteiger charge is -2.32. The van der Waals surface area contributed by atoms with E-state index in [1.165, 1.54) is 12.1 Å². The van der Waals surface area contributed by atoms with Crippen molar-refractivity contribution < 1.29 is 18.3 Å². The third kappa shape index (κ3) is 3.98. The quantitative estimate of drug-likeness (QED) is 0.845. The molecule has 1 aromatic rings. The maximum absolute atomic E-state index is 13.6. The summed E-state index contributed by atoms with van der Waals surface area (Å²) in [5, 5.41) is 0. The molecule has 2 N–H and O–H groups in total. The first-order chi connectivity index (χ1) is 10.1. The van der Waals surface area contributed by atoms with E-state index in [0.717, 1.165) is 12.5 Å². The number of hydrogen-bond acceptors (Lipinski definition) is 3. The molecule has 0 unspecified atom stereocenters. The molecule has 4 nitrogen and oxygen atoms in total. The third-order valence-corrected chi connectivity index (χ3v) is 3.61. The molecule has 0 aliphatic carbocycles. The summed E-state index contributed by atoms with van der Waals surface area (Å²) < 4.78 is 32.4. The van der Waals surface area contributed by atoms with Crippen molar-refractivity contribution in [1.29, 1.82) is 0 Å². The number of hydrogen-bond donors (Lipinski definition) is 1. The first kappa shape index (κ1) is 15.9. The fourth-order valence-electron chi connectivity index (χ4n) is 2.40. The molecule has 0 spiro atoms. The second-order valence-corrected chi connectivity index (χ2v) is 5.11. The Bertz CT molecular complexity index is 489. The summed E-state index contributed by atoms with van der Waals surface area (Å²) in [6.45, 7) is 2.19. The second-order valence-electron chi connectivity index (χ2n) is 5.11. The SMILES string of the molecule is NCCCOC1CCN(C(=O)c2cccc(F)c2F)CC1. The summed E-state index contributed by atoms with van der Waals surface area (Å²) in [6.07, 6.45) is 2.33. The van der Waals surface area contributed by atoms with Crippen molar-refractivity contribution in [2.75, 3.05) is 26.2 Å². The Labute approximate surface area is 122 Å². The second kappa shape index (κ2) is 7.47. The van der Waals surface area contributed by atoms with E-state index >= 15 is 0 Å². The van der Waals surface area contributed by atoms with Gasteiger partial charge >= 0.3 is 0 Å². The highest BCUT2D eigenvalue weighted by Gasteiger charge is 2.26. The number of ether oxygens (including phenoxy) is 1.